The molecule has 0 bridgehead atoms. The highest BCUT2D eigenvalue weighted by molar-refractivity contribution is 8.00. The van der Waals surface area contributed by atoms with Gasteiger partial charge in [-0.3, -0.25) is 14.4 Å². The van der Waals surface area contributed by atoms with E-state index in [1.807, 2.05) is 49.6 Å². The van der Waals surface area contributed by atoms with Gasteiger partial charge in [0, 0.05) is 42.7 Å². The first-order valence-corrected chi connectivity index (χ1v) is 17.7. The van der Waals surface area contributed by atoms with Gasteiger partial charge >= 0.3 is 0 Å². The van der Waals surface area contributed by atoms with Gasteiger partial charge in [-0.25, -0.2) is 0 Å². The number of carbonyl (C=O) groups is 3. The molecule has 0 saturated carbocycles. The minimum Gasteiger partial charge on any atom is -0.321 e. The molecule has 4 aromatic carbocycles. The molecule has 0 aliphatic heterocycles. The van der Waals surface area contributed by atoms with E-state index < -0.39 is 17.1 Å². The fourth-order valence-corrected chi connectivity index (χ4v) is 7.21. The standard InChI is InChI=1S/C38H30Cl2N4O3S2/c1-3-34(37(47)44-38-29(21-41)30(22-48-38)24-17-15-23(2)16-18-24)49-27-12-7-11-26(19-27)42-36(46)33(20-28-31(39)13-8-14-32(28)40)43-35(45)25-9-5-4-6-10-25/h4-20,22,34H,3H2,1-2H3,(H,42,46)(H,43,45)(H,44,47)/b33-20+. The fraction of sp³-hybridized carbons (Fsp3) is 0.105. The molecule has 246 valence electrons. The van der Waals surface area contributed by atoms with Crippen molar-refractivity contribution in [2.45, 2.75) is 30.4 Å². The molecule has 3 N–H and O–H groups in total. The summed E-state index contributed by atoms with van der Waals surface area (Å²) in [5, 5.41) is 20.9. The third-order valence-corrected chi connectivity index (χ3v) is 10.3. The van der Waals surface area contributed by atoms with Crippen LogP contribution in [-0.4, -0.2) is 23.0 Å². The van der Waals surface area contributed by atoms with E-state index in [1.54, 1.807) is 66.7 Å². The second-order valence-electron chi connectivity index (χ2n) is 10.8. The molecular formula is C38H30Cl2N4O3S2. The third-order valence-electron chi connectivity index (χ3n) is 7.35. The highest BCUT2D eigenvalue weighted by Gasteiger charge is 2.22. The van der Waals surface area contributed by atoms with Crippen LogP contribution in [0.1, 0.15) is 40.4 Å². The number of aryl methyl sites for hydroxylation is 1. The summed E-state index contributed by atoms with van der Waals surface area (Å²) in [6.07, 6.45) is 1.95. The molecule has 0 aliphatic carbocycles. The Morgan fingerprint density at radius 3 is 2.29 bits per heavy atom. The molecule has 0 radical (unpaired) electrons. The van der Waals surface area contributed by atoms with E-state index in [9.17, 15) is 19.6 Å². The quantitative estimate of drug-likeness (QED) is 0.0928. The van der Waals surface area contributed by atoms with E-state index >= 15 is 0 Å². The number of nitrogens with one attached hydrogen (secondary N) is 3. The zero-order valence-corrected chi connectivity index (χ0v) is 29.6. The summed E-state index contributed by atoms with van der Waals surface area (Å²) in [6, 6.07) is 30.7. The molecule has 7 nitrogen and oxygen atoms in total. The number of amides is 3. The van der Waals surface area contributed by atoms with Gasteiger partial charge in [-0.2, -0.15) is 5.26 Å². The van der Waals surface area contributed by atoms with Gasteiger partial charge in [0.1, 0.15) is 16.8 Å². The molecule has 0 saturated heterocycles. The number of halogens is 2. The van der Waals surface area contributed by atoms with Gasteiger partial charge in [-0.15, -0.1) is 23.1 Å². The summed E-state index contributed by atoms with van der Waals surface area (Å²) in [5.41, 5.74) is 4.35. The minimum atomic E-state index is -0.599. The van der Waals surface area contributed by atoms with Gasteiger partial charge in [0.05, 0.1) is 10.8 Å². The lowest BCUT2D eigenvalue weighted by Gasteiger charge is -2.16. The van der Waals surface area contributed by atoms with E-state index in [4.69, 9.17) is 23.2 Å². The van der Waals surface area contributed by atoms with E-state index in [2.05, 4.69) is 22.0 Å². The van der Waals surface area contributed by atoms with Crippen molar-refractivity contribution in [2.75, 3.05) is 10.6 Å². The van der Waals surface area contributed by atoms with Crippen molar-refractivity contribution in [1.82, 2.24) is 5.32 Å². The number of hydrogen-bond acceptors (Lipinski definition) is 6. The highest BCUT2D eigenvalue weighted by atomic mass is 35.5. The Bertz CT molecular complexity index is 2050. The first kappa shape index (κ1) is 35.5. The summed E-state index contributed by atoms with van der Waals surface area (Å²) >= 11 is 15.4. The van der Waals surface area contributed by atoms with E-state index in [-0.39, 0.29) is 11.6 Å². The molecule has 49 heavy (non-hydrogen) atoms. The van der Waals surface area contributed by atoms with E-state index in [1.165, 1.54) is 29.2 Å². The van der Waals surface area contributed by atoms with Crippen LogP contribution in [0.25, 0.3) is 17.2 Å². The number of benzene rings is 4. The largest absolute Gasteiger partial charge is 0.321 e. The first-order valence-electron chi connectivity index (χ1n) is 15.2. The van der Waals surface area contributed by atoms with Crippen molar-refractivity contribution in [3.05, 3.63) is 140 Å². The summed E-state index contributed by atoms with van der Waals surface area (Å²) in [5.74, 6) is -1.32. The molecule has 0 aliphatic rings. The fourth-order valence-electron chi connectivity index (χ4n) is 4.77. The van der Waals surface area contributed by atoms with Crippen LogP contribution in [0.3, 0.4) is 0 Å². The van der Waals surface area contributed by atoms with Crippen LogP contribution in [0.2, 0.25) is 10.0 Å². The van der Waals surface area contributed by atoms with Crippen molar-refractivity contribution in [2.24, 2.45) is 0 Å². The smallest absolute Gasteiger partial charge is 0.272 e. The maximum Gasteiger partial charge on any atom is 0.272 e. The second kappa shape index (κ2) is 16.5. The normalized spacial score (nSPS) is 11.7. The minimum absolute atomic E-state index is 0.0676. The SMILES string of the molecule is CCC(Sc1cccc(NC(=O)/C(=C\c2c(Cl)cccc2Cl)NC(=O)c2ccccc2)c1)C(=O)Nc1scc(-c2ccc(C)cc2)c1C#N. The zero-order chi connectivity index (χ0) is 34.9. The molecule has 1 aromatic heterocycles. The van der Waals surface area contributed by atoms with Crippen LogP contribution in [0.4, 0.5) is 10.7 Å². The monoisotopic (exact) mass is 724 g/mol. The van der Waals surface area contributed by atoms with Crippen LogP contribution in [0.5, 0.6) is 0 Å². The Hall–Kier alpha value is -4.85. The summed E-state index contributed by atoms with van der Waals surface area (Å²) in [4.78, 5) is 40.8. The average Bonchev–Trinajstić information content (AvgIpc) is 3.51. The van der Waals surface area contributed by atoms with Crippen molar-refractivity contribution in [3.8, 4) is 17.2 Å². The number of nitriles is 1. The lowest BCUT2D eigenvalue weighted by atomic mass is 10.0. The molecule has 1 atom stereocenters. The first-order chi connectivity index (χ1) is 23.7. The highest BCUT2D eigenvalue weighted by Crippen LogP contribution is 2.36. The van der Waals surface area contributed by atoms with Crippen LogP contribution < -0.4 is 16.0 Å². The van der Waals surface area contributed by atoms with Crippen molar-refractivity contribution >= 4 is 80.8 Å². The third kappa shape index (κ3) is 8.99. The van der Waals surface area contributed by atoms with Crippen LogP contribution in [0, 0.1) is 18.3 Å². The number of thiophene rings is 1. The van der Waals surface area contributed by atoms with E-state index in [0.717, 1.165) is 21.6 Å². The van der Waals surface area contributed by atoms with Crippen molar-refractivity contribution in [1.29, 1.82) is 5.26 Å². The molecule has 5 aromatic rings. The van der Waals surface area contributed by atoms with Gasteiger partial charge in [0.15, 0.2) is 0 Å². The summed E-state index contributed by atoms with van der Waals surface area (Å²) in [6.45, 7) is 3.91. The van der Waals surface area contributed by atoms with Gasteiger partial charge < -0.3 is 16.0 Å². The van der Waals surface area contributed by atoms with Crippen LogP contribution in [-0.2, 0) is 9.59 Å². The zero-order valence-electron chi connectivity index (χ0n) is 26.4. The Balaban J connectivity index is 1.32. The van der Waals surface area contributed by atoms with Gasteiger partial charge in [-0.1, -0.05) is 90.3 Å². The van der Waals surface area contributed by atoms with Crippen molar-refractivity contribution in [3.63, 3.8) is 0 Å². The average molecular weight is 726 g/mol. The predicted octanol–water partition coefficient (Wildman–Crippen LogP) is 9.82. The van der Waals surface area contributed by atoms with E-state index in [0.29, 0.717) is 43.8 Å². The number of hydrogen-bond donors (Lipinski definition) is 3. The number of thioether (sulfide) groups is 1. The Labute approximate surface area is 303 Å². The number of nitrogens with zero attached hydrogens (tertiary/aromatic N) is 1. The van der Waals surface area contributed by atoms with Crippen LogP contribution in [0.15, 0.2) is 113 Å². The maximum absolute atomic E-state index is 13.6. The predicted molar refractivity (Wildman–Crippen MR) is 201 cm³/mol. The number of rotatable bonds is 11. The Kier molecular flexibility index (Phi) is 11.9. The van der Waals surface area contributed by atoms with Gasteiger partial charge in [0.2, 0.25) is 5.91 Å². The van der Waals surface area contributed by atoms with Gasteiger partial charge in [0.25, 0.3) is 11.8 Å². The Morgan fingerprint density at radius 1 is 0.918 bits per heavy atom. The number of anilines is 2. The number of carbonyl (C=O) groups excluding carboxylic acids is 3. The molecule has 3 amide bonds. The molecular weight excluding hydrogens is 695 g/mol. The lowest BCUT2D eigenvalue weighted by molar-refractivity contribution is -0.116. The molecule has 11 heteroatoms. The molecule has 1 unspecified atom stereocenters. The molecule has 1 heterocycles. The summed E-state index contributed by atoms with van der Waals surface area (Å²) in [7, 11) is 0. The molecule has 0 fully saturated rings. The maximum atomic E-state index is 13.6. The topological polar surface area (TPSA) is 111 Å². The van der Waals surface area contributed by atoms with Gasteiger partial charge in [-0.05, 0) is 67.4 Å². The summed E-state index contributed by atoms with van der Waals surface area (Å²) < 4.78 is 0. The Morgan fingerprint density at radius 2 is 1.61 bits per heavy atom. The van der Waals surface area contributed by atoms with Crippen LogP contribution >= 0.6 is 46.3 Å². The van der Waals surface area contributed by atoms with Crippen molar-refractivity contribution < 1.29 is 14.4 Å². The molecule has 5 rings (SSSR count). The second-order valence-corrected chi connectivity index (χ2v) is 13.8. The molecule has 0 spiro atoms. The lowest BCUT2D eigenvalue weighted by Crippen LogP contribution is -2.30.